The fourth-order valence-corrected chi connectivity index (χ4v) is 2.05. The summed E-state index contributed by atoms with van der Waals surface area (Å²) in [5, 5.41) is 2.88. The molecule has 1 aliphatic carbocycles. The predicted octanol–water partition coefficient (Wildman–Crippen LogP) is 0.277. The van der Waals surface area contributed by atoms with E-state index >= 15 is 0 Å². The Morgan fingerprint density at radius 3 is 3.44 bits per heavy atom. The summed E-state index contributed by atoms with van der Waals surface area (Å²) in [4.78, 5) is 19.1. The molecule has 5 nitrogen and oxygen atoms in total. The van der Waals surface area contributed by atoms with Crippen molar-refractivity contribution in [2.24, 2.45) is 5.92 Å². The van der Waals surface area contributed by atoms with Gasteiger partial charge in [-0.15, -0.1) is 0 Å². The van der Waals surface area contributed by atoms with Crippen molar-refractivity contribution in [3.63, 3.8) is 0 Å². The maximum absolute atomic E-state index is 11.8. The van der Waals surface area contributed by atoms with Gasteiger partial charge < -0.3 is 15.0 Å². The number of amides is 1. The molecule has 2 rings (SSSR count). The van der Waals surface area contributed by atoms with Crippen molar-refractivity contribution < 1.29 is 9.53 Å². The van der Waals surface area contributed by atoms with Crippen LogP contribution in [0.15, 0.2) is 6.33 Å². The lowest BCUT2D eigenvalue weighted by Gasteiger charge is -2.20. The van der Waals surface area contributed by atoms with Crippen molar-refractivity contribution in [2.75, 3.05) is 20.3 Å². The molecule has 1 atom stereocenters. The lowest BCUT2D eigenvalue weighted by atomic mass is 9.89. The minimum absolute atomic E-state index is 0.0739. The third-order valence-electron chi connectivity index (χ3n) is 2.96. The van der Waals surface area contributed by atoms with E-state index in [0.29, 0.717) is 13.2 Å². The average molecular weight is 223 g/mol. The number of rotatable bonds is 4. The SMILES string of the molecule is COCCNC(=O)C1CCc2nc[nH]c2C1. The van der Waals surface area contributed by atoms with Crippen molar-refractivity contribution >= 4 is 5.91 Å². The number of nitrogens with one attached hydrogen (secondary N) is 2. The van der Waals surface area contributed by atoms with Crippen molar-refractivity contribution in [1.29, 1.82) is 0 Å². The molecule has 0 radical (unpaired) electrons. The van der Waals surface area contributed by atoms with Gasteiger partial charge in [0.1, 0.15) is 0 Å². The molecule has 0 aliphatic heterocycles. The van der Waals surface area contributed by atoms with Crippen LogP contribution < -0.4 is 5.32 Å². The Labute approximate surface area is 94.6 Å². The first-order valence-corrected chi connectivity index (χ1v) is 5.59. The van der Waals surface area contributed by atoms with Crippen LogP contribution in [0.25, 0.3) is 0 Å². The molecule has 2 N–H and O–H groups in total. The molecule has 1 amide bonds. The molecule has 0 spiro atoms. The number of ether oxygens (including phenoxy) is 1. The number of aromatic nitrogens is 2. The maximum Gasteiger partial charge on any atom is 0.223 e. The van der Waals surface area contributed by atoms with E-state index in [4.69, 9.17) is 4.74 Å². The number of imidazole rings is 1. The van der Waals surface area contributed by atoms with Gasteiger partial charge in [-0.05, 0) is 12.8 Å². The molecule has 0 fully saturated rings. The zero-order valence-corrected chi connectivity index (χ0v) is 9.45. The molecule has 0 saturated carbocycles. The molecule has 0 aromatic carbocycles. The number of methoxy groups -OCH3 is 1. The van der Waals surface area contributed by atoms with Gasteiger partial charge in [-0.3, -0.25) is 4.79 Å². The molecule has 5 heteroatoms. The highest BCUT2D eigenvalue weighted by Gasteiger charge is 2.25. The number of hydrogen-bond acceptors (Lipinski definition) is 3. The van der Waals surface area contributed by atoms with Crippen molar-refractivity contribution in [1.82, 2.24) is 15.3 Å². The molecule has 16 heavy (non-hydrogen) atoms. The number of aryl methyl sites for hydroxylation is 1. The van der Waals surface area contributed by atoms with Crippen LogP contribution in [0.3, 0.4) is 0 Å². The number of aromatic amines is 1. The quantitative estimate of drug-likeness (QED) is 0.720. The highest BCUT2D eigenvalue weighted by Crippen LogP contribution is 2.22. The summed E-state index contributed by atoms with van der Waals surface area (Å²) >= 11 is 0. The van der Waals surface area contributed by atoms with E-state index in [1.165, 1.54) is 0 Å². The van der Waals surface area contributed by atoms with Crippen LogP contribution in [0.4, 0.5) is 0 Å². The molecule has 1 heterocycles. The smallest absolute Gasteiger partial charge is 0.223 e. The van der Waals surface area contributed by atoms with E-state index < -0.39 is 0 Å². The summed E-state index contributed by atoms with van der Waals surface area (Å²) in [5.41, 5.74) is 2.22. The maximum atomic E-state index is 11.8. The number of H-pyrrole nitrogens is 1. The summed E-state index contributed by atoms with van der Waals surface area (Å²) in [6.45, 7) is 1.15. The van der Waals surface area contributed by atoms with Crippen molar-refractivity contribution in [2.45, 2.75) is 19.3 Å². The highest BCUT2D eigenvalue weighted by atomic mass is 16.5. The summed E-state index contributed by atoms with van der Waals surface area (Å²) in [5.74, 6) is 0.196. The standard InChI is InChI=1S/C11H17N3O2/c1-16-5-4-12-11(15)8-2-3-9-10(6-8)14-7-13-9/h7-8H,2-6H2,1H3,(H,12,15)(H,13,14). The minimum atomic E-state index is 0.0739. The second kappa shape index (κ2) is 5.12. The van der Waals surface area contributed by atoms with E-state index in [1.807, 2.05) is 0 Å². The average Bonchev–Trinajstić information content (AvgIpc) is 2.76. The third-order valence-corrected chi connectivity index (χ3v) is 2.96. The van der Waals surface area contributed by atoms with Gasteiger partial charge in [0.25, 0.3) is 0 Å². The van der Waals surface area contributed by atoms with Crippen LogP contribution in [-0.4, -0.2) is 36.1 Å². The molecular formula is C11H17N3O2. The molecule has 1 aromatic rings. The lowest BCUT2D eigenvalue weighted by molar-refractivity contribution is -0.125. The van der Waals surface area contributed by atoms with Crippen LogP contribution in [0, 0.1) is 5.92 Å². The molecule has 0 saturated heterocycles. The minimum Gasteiger partial charge on any atom is -0.383 e. The molecule has 1 aromatic heterocycles. The first-order valence-electron chi connectivity index (χ1n) is 5.59. The van der Waals surface area contributed by atoms with Crippen LogP contribution in [0.2, 0.25) is 0 Å². The van der Waals surface area contributed by atoms with Gasteiger partial charge in [0.15, 0.2) is 0 Å². The van der Waals surface area contributed by atoms with Gasteiger partial charge in [-0.2, -0.15) is 0 Å². The fourth-order valence-electron chi connectivity index (χ4n) is 2.05. The van der Waals surface area contributed by atoms with E-state index in [-0.39, 0.29) is 11.8 Å². The Kier molecular flexibility index (Phi) is 3.56. The number of carbonyl (C=O) groups is 1. The topological polar surface area (TPSA) is 67.0 Å². The van der Waals surface area contributed by atoms with Crippen LogP contribution >= 0.6 is 0 Å². The molecular weight excluding hydrogens is 206 g/mol. The van der Waals surface area contributed by atoms with Gasteiger partial charge in [0.2, 0.25) is 5.91 Å². The van der Waals surface area contributed by atoms with Crippen molar-refractivity contribution in [3.05, 3.63) is 17.7 Å². The Morgan fingerprint density at radius 1 is 1.75 bits per heavy atom. The molecule has 88 valence electrons. The number of carbonyl (C=O) groups excluding carboxylic acids is 1. The van der Waals surface area contributed by atoms with E-state index in [1.54, 1.807) is 13.4 Å². The zero-order chi connectivity index (χ0) is 11.4. The van der Waals surface area contributed by atoms with Gasteiger partial charge in [0.05, 0.1) is 18.6 Å². The molecule has 1 unspecified atom stereocenters. The van der Waals surface area contributed by atoms with Gasteiger partial charge in [0, 0.05) is 31.7 Å². The summed E-state index contributed by atoms with van der Waals surface area (Å²) in [6, 6.07) is 0. The van der Waals surface area contributed by atoms with E-state index in [0.717, 1.165) is 30.7 Å². The summed E-state index contributed by atoms with van der Waals surface area (Å²) in [6.07, 6.45) is 4.25. The van der Waals surface area contributed by atoms with Crippen LogP contribution in [-0.2, 0) is 22.4 Å². The zero-order valence-electron chi connectivity index (χ0n) is 9.45. The van der Waals surface area contributed by atoms with Crippen LogP contribution in [0.1, 0.15) is 17.8 Å². The second-order valence-corrected chi connectivity index (χ2v) is 4.05. The first-order chi connectivity index (χ1) is 7.81. The third kappa shape index (κ3) is 2.41. The normalized spacial score (nSPS) is 19.2. The fraction of sp³-hybridized carbons (Fsp3) is 0.636. The lowest BCUT2D eigenvalue weighted by Crippen LogP contribution is -2.35. The monoisotopic (exact) mass is 223 g/mol. The molecule has 0 bridgehead atoms. The van der Waals surface area contributed by atoms with Crippen LogP contribution in [0.5, 0.6) is 0 Å². The van der Waals surface area contributed by atoms with Gasteiger partial charge >= 0.3 is 0 Å². The molecule has 1 aliphatic rings. The van der Waals surface area contributed by atoms with Crippen molar-refractivity contribution in [3.8, 4) is 0 Å². The largest absolute Gasteiger partial charge is 0.383 e. The second-order valence-electron chi connectivity index (χ2n) is 4.05. The Balaban J connectivity index is 1.86. The van der Waals surface area contributed by atoms with E-state index in [2.05, 4.69) is 15.3 Å². The Morgan fingerprint density at radius 2 is 2.62 bits per heavy atom. The highest BCUT2D eigenvalue weighted by molar-refractivity contribution is 5.79. The van der Waals surface area contributed by atoms with Gasteiger partial charge in [-0.25, -0.2) is 4.98 Å². The first kappa shape index (κ1) is 11.1. The summed E-state index contributed by atoms with van der Waals surface area (Å²) < 4.78 is 4.89. The van der Waals surface area contributed by atoms with Gasteiger partial charge in [-0.1, -0.05) is 0 Å². The van der Waals surface area contributed by atoms with E-state index in [9.17, 15) is 4.79 Å². The Bertz CT molecular complexity index is 362. The number of hydrogen-bond donors (Lipinski definition) is 2. The number of nitrogens with zero attached hydrogens (tertiary/aromatic N) is 1. The number of fused-ring (bicyclic) bond motifs is 1. The predicted molar refractivity (Wildman–Crippen MR) is 59.0 cm³/mol. The summed E-state index contributed by atoms with van der Waals surface area (Å²) in [7, 11) is 1.63. The Hall–Kier alpha value is -1.36.